The fourth-order valence-electron chi connectivity index (χ4n) is 4.90. The van der Waals surface area contributed by atoms with Gasteiger partial charge in [-0.3, -0.25) is 9.59 Å². The third-order valence-corrected chi connectivity index (χ3v) is 7.11. The highest BCUT2D eigenvalue weighted by molar-refractivity contribution is 6.18. The lowest BCUT2D eigenvalue weighted by Gasteiger charge is -2.17. The quantitative estimate of drug-likeness (QED) is 0.0447. The Balaban J connectivity index is 1.75. The Morgan fingerprint density at radius 2 is 1.54 bits per heavy atom. The number of allylic oxidation sites excluding steroid dienone is 1. The number of aromatic hydroxyl groups is 1. The third-order valence-electron chi connectivity index (χ3n) is 7.11. The summed E-state index contributed by atoms with van der Waals surface area (Å²) < 4.78 is 11.4. The average molecular weight is 553 g/mol. The molecule has 0 aliphatic carbocycles. The van der Waals surface area contributed by atoms with E-state index in [1.54, 1.807) is 13.0 Å². The van der Waals surface area contributed by atoms with Gasteiger partial charge in [0.1, 0.15) is 17.1 Å². The number of carbonyl (C=O) groups is 2. The van der Waals surface area contributed by atoms with Crippen LogP contribution in [0.2, 0.25) is 0 Å². The molecule has 0 aliphatic rings. The Morgan fingerprint density at radius 3 is 2.22 bits per heavy atom. The van der Waals surface area contributed by atoms with E-state index in [2.05, 4.69) is 6.92 Å². The predicted molar refractivity (Wildman–Crippen MR) is 162 cm³/mol. The number of hydrogen-bond donors (Lipinski definition) is 1. The molecular formula is C35H36O6. The van der Waals surface area contributed by atoms with E-state index >= 15 is 0 Å². The van der Waals surface area contributed by atoms with Gasteiger partial charge in [0.2, 0.25) is 0 Å². The second-order valence-electron chi connectivity index (χ2n) is 10.2. The summed E-state index contributed by atoms with van der Waals surface area (Å²) in [7, 11) is 0. The van der Waals surface area contributed by atoms with Crippen molar-refractivity contribution in [2.24, 2.45) is 0 Å². The lowest BCUT2D eigenvalue weighted by molar-refractivity contribution is -0.134. The van der Waals surface area contributed by atoms with Crippen molar-refractivity contribution in [3.63, 3.8) is 0 Å². The average Bonchev–Trinajstić information content (AvgIpc) is 2.98. The van der Waals surface area contributed by atoms with Crippen LogP contribution in [0, 0.1) is 6.92 Å². The molecule has 1 aromatic heterocycles. The van der Waals surface area contributed by atoms with Gasteiger partial charge in [-0.15, -0.1) is 0 Å². The maximum Gasteiger partial charge on any atom is 0.336 e. The molecule has 1 N–H and O–H groups in total. The predicted octanol–water partition coefficient (Wildman–Crippen LogP) is 8.42. The molecule has 0 fully saturated rings. The fraction of sp³-hybridized carbons (Fsp3) is 0.286. The van der Waals surface area contributed by atoms with Gasteiger partial charge in [-0.05, 0) is 30.5 Å². The largest absolute Gasteiger partial charge is 0.507 e. The van der Waals surface area contributed by atoms with E-state index in [0.717, 1.165) is 24.8 Å². The minimum absolute atomic E-state index is 0.0802. The van der Waals surface area contributed by atoms with Crippen LogP contribution in [0.4, 0.5) is 0 Å². The van der Waals surface area contributed by atoms with Crippen LogP contribution in [0.3, 0.4) is 0 Å². The molecule has 0 bridgehead atoms. The molecule has 0 unspecified atom stereocenters. The summed E-state index contributed by atoms with van der Waals surface area (Å²) in [6, 6.07) is 19.7. The van der Waals surface area contributed by atoms with Crippen molar-refractivity contribution in [2.45, 2.75) is 65.2 Å². The second-order valence-corrected chi connectivity index (χ2v) is 10.2. The molecule has 212 valence electrons. The molecule has 41 heavy (non-hydrogen) atoms. The Hall–Kier alpha value is -4.45. The number of hydrogen-bond acceptors (Lipinski definition) is 6. The monoisotopic (exact) mass is 552 g/mol. The number of unbranched alkanes of at least 4 members (excludes halogenated alkanes) is 6. The van der Waals surface area contributed by atoms with E-state index in [-0.39, 0.29) is 34.3 Å². The van der Waals surface area contributed by atoms with Crippen molar-refractivity contribution in [2.75, 3.05) is 0 Å². The summed E-state index contributed by atoms with van der Waals surface area (Å²) in [6.07, 6.45) is 10.6. The lowest BCUT2D eigenvalue weighted by atomic mass is 9.94. The molecule has 0 saturated carbocycles. The Bertz CT molecular complexity index is 1580. The van der Waals surface area contributed by atoms with Crippen LogP contribution < -0.4 is 10.4 Å². The lowest BCUT2D eigenvalue weighted by Crippen LogP contribution is -2.12. The van der Waals surface area contributed by atoms with Gasteiger partial charge in [0, 0.05) is 23.6 Å². The van der Waals surface area contributed by atoms with Gasteiger partial charge < -0.3 is 14.3 Å². The normalized spacial score (nSPS) is 11.3. The minimum Gasteiger partial charge on any atom is -0.507 e. The molecule has 6 heteroatoms. The third kappa shape index (κ3) is 7.40. The topological polar surface area (TPSA) is 93.8 Å². The molecule has 4 rings (SSSR count). The van der Waals surface area contributed by atoms with Crippen LogP contribution in [0.1, 0.15) is 79.8 Å². The molecule has 0 spiro atoms. The number of phenolic OH excluding ortho intramolecular Hbond substituents is 1. The Labute approximate surface area is 240 Å². The number of fused-ring (bicyclic) bond motifs is 1. The van der Waals surface area contributed by atoms with Crippen molar-refractivity contribution in [3.05, 3.63) is 99.9 Å². The standard InChI is InChI=1S/C35H36O6/c1-3-4-5-6-7-8-15-20-29(37)40-34-24(2)33(39)32(28(36)22-21-25-16-11-9-12-17-25)35-31(34)27(23-30(38)41-35)26-18-13-10-14-19-26/h9-14,16-19,21-23,39H,3-8,15,20H2,1-2H3/b22-21+. The SMILES string of the molecule is CCCCCCCCCC(=O)Oc1c(C)c(O)c(C(=O)/C=C/c2ccccc2)c2oc(=O)cc(-c3ccccc3)c12. The molecule has 1 heterocycles. The van der Waals surface area contributed by atoms with E-state index in [1.807, 2.05) is 60.7 Å². The van der Waals surface area contributed by atoms with Crippen molar-refractivity contribution in [1.29, 1.82) is 0 Å². The molecule has 6 nitrogen and oxygen atoms in total. The number of carbonyl (C=O) groups excluding carboxylic acids is 2. The molecule has 3 aromatic carbocycles. The summed E-state index contributed by atoms with van der Waals surface area (Å²) in [5, 5.41) is 11.5. The number of esters is 1. The molecule has 0 atom stereocenters. The van der Waals surface area contributed by atoms with E-state index in [9.17, 15) is 19.5 Å². The first kappa shape index (κ1) is 29.5. The number of phenols is 1. The maximum atomic E-state index is 13.4. The summed E-state index contributed by atoms with van der Waals surface area (Å²) in [5.74, 6) is -1.31. The summed E-state index contributed by atoms with van der Waals surface area (Å²) in [4.78, 5) is 39.2. The van der Waals surface area contributed by atoms with E-state index in [4.69, 9.17) is 9.15 Å². The number of ketones is 1. The highest BCUT2D eigenvalue weighted by Crippen LogP contribution is 2.44. The van der Waals surface area contributed by atoms with Crippen LogP contribution in [-0.2, 0) is 4.79 Å². The number of rotatable bonds is 13. The van der Waals surface area contributed by atoms with Gasteiger partial charge in [0.25, 0.3) is 0 Å². The van der Waals surface area contributed by atoms with Gasteiger partial charge in [-0.25, -0.2) is 4.79 Å². The first-order chi connectivity index (χ1) is 19.9. The zero-order valence-corrected chi connectivity index (χ0v) is 23.7. The van der Waals surface area contributed by atoms with Crippen molar-refractivity contribution < 1.29 is 23.8 Å². The molecule has 4 aromatic rings. The Kier molecular flexibility index (Phi) is 10.3. The maximum absolute atomic E-state index is 13.4. The molecule has 0 radical (unpaired) electrons. The first-order valence-corrected chi connectivity index (χ1v) is 14.3. The molecule has 0 aliphatic heterocycles. The summed E-state index contributed by atoms with van der Waals surface area (Å²) >= 11 is 0. The number of ether oxygens (including phenoxy) is 1. The molecular weight excluding hydrogens is 516 g/mol. The van der Waals surface area contributed by atoms with Crippen LogP contribution in [-0.4, -0.2) is 16.9 Å². The van der Waals surface area contributed by atoms with E-state index in [0.29, 0.717) is 17.5 Å². The highest BCUT2D eigenvalue weighted by Gasteiger charge is 2.27. The van der Waals surface area contributed by atoms with Crippen molar-refractivity contribution >= 4 is 28.8 Å². The van der Waals surface area contributed by atoms with Gasteiger partial charge in [0.15, 0.2) is 11.4 Å². The second kappa shape index (κ2) is 14.3. The van der Waals surface area contributed by atoms with E-state index < -0.39 is 23.1 Å². The highest BCUT2D eigenvalue weighted by atomic mass is 16.5. The van der Waals surface area contributed by atoms with Crippen molar-refractivity contribution in [1.82, 2.24) is 0 Å². The van der Waals surface area contributed by atoms with Crippen LogP contribution in [0.25, 0.3) is 28.2 Å². The number of benzene rings is 3. The van der Waals surface area contributed by atoms with E-state index in [1.165, 1.54) is 31.4 Å². The summed E-state index contributed by atoms with van der Waals surface area (Å²) in [5.41, 5.74) is 1.16. The zero-order valence-electron chi connectivity index (χ0n) is 23.7. The molecule has 0 saturated heterocycles. The first-order valence-electron chi connectivity index (χ1n) is 14.3. The van der Waals surface area contributed by atoms with Gasteiger partial charge >= 0.3 is 11.6 Å². The van der Waals surface area contributed by atoms with Crippen LogP contribution in [0.15, 0.2) is 82.0 Å². The summed E-state index contributed by atoms with van der Waals surface area (Å²) in [6.45, 7) is 3.76. The Morgan fingerprint density at radius 1 is 0.902 bits per heavy atom. The van der Waals surface area contributed by atoms with Gasteiger partial charge in [-0.1, -0.05) is 112 Å². The molecule has 0 amide bonds. The van der Waals surface area contributed by atoms with Gasteiger partial charge in [-0.2, -0.15) is 0 Å². The zero-order chi connectivity index (χ0) is 29.2. The van der Waals surface area contributed by atoms with Crippen LogP contribution >= 0.6 is 0 Å². The van der Waals surface area contributed by atoms with Crippen molar-refractivity contribution in [3.8, 4) is 22.6 Å². The fourth-order valence-corrected chi connectivity index (χ4v) is 4.90. The van der Waals surface area contributed by atoms with Crippen LogP contribution in [0.5, 0.6) is 11.5 Å². The minimum atomic E-state index is -0.693. The smallest absolute Gasteiger partial charge is 0.336 e. The van der Waals surface area contributed by atoms with Gasteiger partial charge in [0.05, 0.1) is 5.39 Å².